The van der Waals surface area contributed by atoms with E-state index in [9.17, 15) is 0 Å². The van der Waals surface area contributed by atoms with Crippen LogP contribution >= 0.6 is 22.7 Å². The van der Waals surface area contributed by atoms with Crippen LogP contribution in [0.25, 0.3) is 84.5 Å². The maximum Gasteiger partial charge on any atom is 0.136 e. The lowest BCUT2D eigenvalue weighted by atomic mass is 9.99. The molecule has 0 atom stereocenters. The van der Waals surface area contributed by atoms with E-state index in [1.54, 1.807) is 0 Å². The summed E-state index contributed by atoms with van der Waals surface area (Å²) >= 11 is 3.75. The third-order valence-corrected chi connectivity index (χ3v) is 12.7. The van der Waals surface area contributed by atoms with Crippen molar-refractivity contribution in [2.24, 2.45) is 0 Å². The second-order valence-electron chi connectivity index (χ2n) is 13.2. The predicted octanol–water partition coefficient (Wildman–Crippen LogP) is 15.1. The van der Waals surface area contributed by atoms with E-state index in [1.807, 2.05) is 34.8 Å². The second kappa shape index (κ2) is 11.7. The molecule has 2 nitrogen and oxygen atoms in total. The van der Waals surface area contributed by atoms with Gasteiger partial charge in [-0.2, -0.15) is 0 Å². The summed E-state index contributed by atoms with van der Waals surface area (Å²) in [5.74, 6) is 0. The molecule has 0 fully saturated rings. The highest BCUT2D eigenvalue weighted by atomic mass is 32.1. The van der Waals surface area contributed by atoms with Crippen LogP contribution in [0.4, 0.5) is 17.1 Å². The van der Waals surface area contributed by atoms with Crippen LogP contribution in [-0.2, 0) is 0 Å². The first kappa shape index (κ1) is 29.5. The molecule has 3 aromatic heterocycles. The second-order valence-corrected chi connectivity index (χ2v) is 15.3. The summed E-state index contributed by atoms with van der Waals surface area (Å²) in [6.45, 7) is 0. The van der Waals surface area contributed by atoms with E-state index in [0.717, 1.165) is 38.9 Å². The van der Waals surface area contributed by atoms with Crippen LogP contribution < -0.4 is 4.90 Å². The summed E-state index contributed by atoms with van der Waals surface area (Å²) in [6.07, 6.45) is 0. The number of para-hydroxylation sites is 1. The molecule has 0 spiro atoms. The van der Waals surface area contributed by atoms with E-state index >= 15 is 0 Å². The van der Waals surface area contributed by atoms with Gasteiger partial charge in [-0.05, 0) is 76.9 Å². The lowest BCUT2D eigenvalue weighted by Crippen LogP contribution is -2.10. The molecular formula is C48H29NOS2. The highest BCUT2D eigenvalue weighted by molar-refractivity contribution is 7.27. The molecule has 0 aliphatic carbocycles. The van der Waals surface area contributed by atoms with Crippen LogP contribution in [0.5, 0.6) is 0 Å². The average Bonchev–Trinajstić information content (AvgIpc) is 3.90. The molecule has 244 valence electrons. The fraction of sp³-hybridized carbons (Fsp3) is 0. The topological polar surface area (TPSA) is 16.4 Å². The lowest BCUT2D eigenvalue weighted by Gasteiger charge is -2.26. The summed E-state index contributed by atoms with van der Waals surface area (Å²) < 4.78 is 11.4. The SMILES string of the molecule is c1ccc(-c2cccc3c2sc2c(N(c4ccc(-c5cccc6oc7ccccc7c56)cc4)c4ccc5sc6ccccc6c5c4)cccc23)cc1. The first-order valence-electron chi connectivity index (χ1n) is 17.5. The number of furan rings is 1. The van der Waals surface area contributed by atoms with Crippen molar-refractivity contribution in [3.8, 4) is 22.3 Å². The summed E-state index contributed by atoms with van der Waals surface area (Å²) in [5.41, 5.74) is 10.1. The van der Waals surface area contributed by atoms with Gasteiger partial charge in [-0.25, -0.2) is 0 Å². The molecule has 0 radical (unpaired) electrons. The molecule has 0 N–H and O–H groups in total. The van der Waals surface area contributed by atoms with E-state index in [-0.39, 0.29) is 0 Å². The number of benzene rings is 8. The van der Waals surface area contributed by atoms with Gasteiger partial charge in [0.25, 0.3) is 0 Å². The maximum atomic E-state index is 6.25. The van der Waals surface area contributed by atoms with Crippen molar-refractivity contribution in [1.29, 1.82) is 0 Å². The Labute approximate surface area is 308 Å². The number of hydrogen-bond acceptors (Lipinski definition) is 4. The molecule has 52 heavy (non-hydrogen) atoms. The van der Waals surface area contributed by atoms with Crippen LogP contribution in [0.2, 0.25) is 0 Å². The van der Waals surface area contributed by atoms with Gasteiger partial charge in [-0.1, -0.05) is 121 Å². The zero-order valence-electron chi connectivity index (χ0n) is 27.9. The van der Waals surface area contributed by atoms with Crippen LogP contribution in [0.15, 0.2) is 180 Å². The van der Waals surface area contributed by atoms with Crippen molar-refractivity contribution in [3.05, 3.63) is 176 Å². The van der Waals surface area contributed by atoms with Crippen molar-refractivity contribution in [2.45, 2.75) is 0 Å². The maximum absolute atomic E-state index is 6.25. The monoisotopic (exact) mass is 699 g/mol. The first-order chi connectivity index (χ1) is 25.8. The Kier molecular flexibility index (Phi) is 6.63. The molecule has 4 heteroatoms. The van der Waals surface area contributed by atoms with Crippen LogP contribution in [0.1, 0.15) is 0 Å². The van der Waals surface area contributed by atoms with Gasteiger partial charge in [0.15, 0.2) is 0 Å². The molecule has 0 aliphatic rings. The molecular weight excluding hydrogens is 671 g/mol. The van der Waals surface area contributed by atoms with E-state index in [4.69, 9.17) is 4.42 Å². The van der Waals surface area contributed by atoms with Crippen molar-refractivity contribution >= 4 is 102 Å². The fourth-order valence-electron chi connectivity index (χ4n) is 7.91. The normalized spacial score (nSPS) is 11.8. The van der Waals surface area contributed by atoms with Gasteiger partial charge in [0.2, 0.25) is 0 Å². The highest BCUT2D eigenvalue weighted by Gasteiger charge is 2.21. The molecule has 0 unspecified atom stereocenters. The van der Waals surface area contributed by atoms with Gasteiger partial charge in [0, 0.05) is 57.8 Å². The summed E-state index contributed by atoms with van der Waals surface area (Å²) in [6, 6.07) is 63.7. The molecule has 0 aliphatic heterocycles. The number of nitrogens with zero attached hydrogens (tertiary/aromatic N) is 1. The molecule has 0 saturated carbocycles. The number of rotatable bonds is 5. The zero-order chi connectivity index (χ0) is 34.2. The summed E-state index contributed by atoms with van der Waals surface area (Å²) in [4.78, 5) is 2.45. The quantitative estimate of drug-likeness (QED) is 0.178. The van der Waals surface area contributed by atoms with E-state index in [0.29, 0.717) is 0 Å². The van der Waals surface area contributed by atoms with Gasteiger partial charge >= 0.3 is 0 Å². The molecule has 8 aromatic carbocycles. The Morgan fingerprint density at radius 3 is 1.90 bits per heavy atom. The standard InChI is InChI=1S/C48H29NOS2/c1-2-11-30(12-3-1)35-16-8-17-37-38-18-9-19-41(48(38)52-47(35)37)49(33-27-28-45-40(29-33)36-13-5-7-22-44(36)51-45)32-25-23-31(24-26-32)34-15-10-21-43-46(34)39-14-4-6-20-42(39)50-43/h1-29H. The minimum absolute atomic E-state index is 0.909. The zero-order valence-corrected chi connectivity index (χ0v) is 29.5. The van der Waals surface area contributed by atoms with Gasteiger partial charge < -0.3 is 9.32 Å². The molecule has 11 aromatic rings. The lowest BCUT2D eigenvalue weighted by molar-refractivity contribution is 0.669. The molecule has 0 saturated heterocycles. The van der Waals surface area contributed by atoms with E-state index < -0.39 is 0 Å². The number of anilines is 3. The molecule has 11 rings (SSSR count). The van der Waals surface area contributed by atoms with Crippen molar-refractivity contribution < 1.29 is 4.42 Å². The van der Waals surface area contributed by atoms with Crippen LogP contribution in [-0.4, -0.2) is 0 Å². The van der Waals surface area contributed by atoms with Crippen LogP contribution in [0, 0.1) is 0 Å². The third kappa shape index (κ3) is 4.55. The third-order valence-electron chi connectivity index (χ3n) is 10.3. The summed E-state index contributed by atoms with van der Waals surface area (Å²) in [7, 11) is 0. The Morgan fingerprint density at radius 2 is 1.02 bits per heavy atom. The molecule has 0 bridgehead atoms. The van der Waals surface area contributed by atoms with E-state index in [1.165, 1.54) is 62.7 Å². The molecule has 0 amide bonds. The number of thiophene rings is 2. The fourth-order valence-corrected chi connectivity index (χ4v) is 10.3. The highest BCUT2D eigenvalue weighted by Crippen LogP contribution is 2.48. The Morgan fingerprint density at radius 1 is 0.385 bits per heavy atom. The van der Waals surface area contributed by atoms with Crippen molar-refractivity contribution in [2.75, 3.05) is 4.90 Å². The number of fused-ring (bicyclic) bond motifs is 9. The number of hydrogen-bond donors (Lipinski definition) is 0. The minimum atomic E-state index is 0.909. The van der Waals surface area contributed by atoms with Crippen molar-refractivity contribution in [1.82, 2.24) is 0 Å². The van der Waals surface area contributed by atoms with Gasteiger partial charge in [0.05, 0.1) is 10.4 Å². The smallest absolute Gasteiger partial charge is 0.136 e. The van der Waals surface area contributed by atoms with Gasteiger partial charge in [0.1, 0.15) is 11.2 Å². The average molecular weight is 700 g/mol. The molecule has 3 heterocycles. The Bertz CT molecular complexity index is 3130. The van der Waals surface area contributed by atoms with Crippen molar-refractivity contribution in [3.63, 3.8) is 0 Å². The summed E-state index contributed by atoms with van der Waals surface area (Å²) in [5, 5.41) is 7.44. The van der Waals surface area contributed by atoms with Crippen LogP contribution in [0.3, 0.4) is 0 Å². The van der Waals surface area contributed by atoms with Gasteiger partial charge in [-0.15, -0.1) is 22.7 Å². The first-order valence-corrected chi connectivity index (χ1v) is 19.1. The predicted molar refractivity (Wildman–Crippen MR) is 225 cm³/mol. The van der Waals surface area contributed by atoms with E-state index in [2.05, 4.69) is 169 Å². The minimum Gasteiger partial charge on any atom is -0.456 e. The Hall–Kier alpha value is -6.20. The largest absolute Gasteiger partial charge is 0.456 e. The Balaban J connectivity index is 1.13. The van der Waals surface area contributed by atoms with Gasteiger partial charge in [-0.3, -0.25) is 0 Å².